The van der Waals surface area contributed by atoms with Gasteiger partial charge in [-0.2, -0.15) is 0 Å². The largest absolute Gasteiger partial charge is 0.212 e. The second-order valence-corrected chi connectivity index (χ2v) is 12.1. The van der Waals surface area contributed by atoms with Crippen LogP contribution in [0.2, 0.25) is 0 Å². The van der Waals surface area contributed by atoms with Gasteiger partial charge in [-0.05, 0) is 55.8 Å². The summed E-state index contributed by atoms with van der Waals surface area (Å²) in [6.45, 7) is 4.52. The lowest BCUT2D eigenvalue weighted by molar-refractivity contribution is 0.597. The van der Waals surface area contributed by atoms with E-state index in [1.807, 2.05) is 18.2 Å². The molecule has 0 radical (unpaired) electrons. The van der Waals surface area contributed by atoms with Gasteiger partial charge in [0.05, 0.1) is 0 Å². The standard InChI is InChI=1S/C41H33N3/c1-26-12-6-7-15-31(26)41-43-39(28-13-4-3-5-14-28)42-40(44-41)30-21-20-27(2)37(25-30)29-22-23-36-34-18-9-8-16-32(34)33-17-10-11-19-35(33)38(36)24-29/h3-27,31,37H,1-2H3. The number of rotatable bonds is 4. The molecule has 2 aliphatic rings. The Morgan fingerprint density at radius 1 is 0.500 bits per heavy atom. The minimum atomic E-state index is 0.107. The Kier molecular flexibility index (Phi) is 6.52. The Morgan fingerprint density at radius 2 is 1.09 bits per heavy atom. The van der Waals surface area contributed by atoms with Gasteiger partial charge in [-0.1, -0.05) is 147 Å². The number of hydrogen-bond acceptors (Lipinski definition) is 3. The van der Waals surface area contributed by atoms with E-state index < -0.39 is 0 Å². The molecule has 0 spiro atoms. The molecule has 0 N–H and O–H groups in total. The molecule has 0 amide bonds. The zero-order valence-corrected chi connectivity index (χ0v) is 24.9. The maximum absolute atomic E-state index is 5.11. The molecule has 0 saturated carbocycles. The van der Waals surface area contributed by atoms with Gasteiger partial charge < -0.3 is 0 Å². The van der Waals surface area contributed by atoms with Gasteiger partial charge in [0.15, 0.2) is 11.6 Å². The number of fused-ring (bicyclic) bond motifs is 6. The predicted molar refractivity (Wildman–Crippen MR) is 183 cm³/mol. The van der Waals surface area contributed by atoms with Crippen molar-refractivity contribution in [3.05, 3.63) is 157 Å². The van der Waals surface area contributed by atoms with Crippen LogP contribution in [0.3, 0.4) is 0 Å². The van der Waals surface area contributed by atoms with Crippen molar-refractivity contribution < 1.29 is 0 Å². The highest BCUT2D eigenvalue weighted by molar-refractivity contribution is 6.25. The van der Waals surface area contributed by atoms with E-state index in [-0.39, 0.29) is 11.8 Å². The molecule has 4 unspecified atom stereocenters. The minimum Gasteiger partial charge on any atom is -0.212 e. The molecule has 1 aromatic heterocycles. The summed E-state index contributed by atoms with van der Waals surface area (Å²) in [5.41, 5.74) is 3.35. The lowest BCUT2D eigenvalue weighted by Gasteiger charge is -2.25. The minimum absolute atomic E-state index is 0.107. The Hall–Kier alpha value is -5.15. The van der Waals surface area contributed by atoms with Crippen LogP contribution in [0.5, 0.6) is 0 Å². The quantitative estimate of drug-likeness (QED) is 0.199. The molecule has 0 aliphatic heterocycles. The summed E-state index contributed by atoms with van der Waals surface area (Å²) >= 11 is 0. The lowest BCUT2D eigenvalue weighted by atomic mass is 9.80. The number of hydrogen-bond donors (Lipinski definition) is 0. The zero-order chi connectivity index (χ0) is 29.6. The molecule has 3 nitrogen and oxygen atoms in total. The van der Waals surface area contributed by atoms with Gasteiger partial charge in [0, 0.05) is 23.0 Å². The summed E-state index contributed by atoms with van der Waals surface area (Å²) in [5.74, 6) is 3.21. The van der Waals surface area contributed by atoms with Crippen LogP contribution in [0.25, 0.3) is 49.3 Å². The smallest absolute Gasteiger partial charge is 0.163 e. The van der Waals surface area contributed by atoms with Gasteiger partial charge in [-0.3, -0.25) is 0 Å². The molecule has 0 bridgehead atoms. The third-order valence-electron chi connectivity index (χ3n) is 9.31. The van der Waals surface area contributed by atoms with Crippen molar-refractivity contribution in [1.29, 1.82) is 0 Å². The van der Waals surface area contributed by atoms with Crippen molar-refractivity contribution in [2.24, 2.45) is 11.8 Å². The number of nitrogens with zero attached hydrogens (tertiary/aromatic N) is 3. The van der Waals surface area contributed by atoms with Crippen LogP contribution in [0, 0.1) is 11.8 Å². The molecule has 44 heavy (non-hydrogen) atoms. The molecule has 212 valence electrons. The van der Waals surface area contributed by atoms with Gasteiger partial charge in [-0.25, -0.2) is 15.0 Å². The summed E-state index contributed by atoms with van der Waals surface area (Å²) in [4.78, 5) is 15.1. The van der Waals surface area contributed by atoms with Crippen molar-refractivity contribution in [2.45, 2.75) is 25.7 Å². The summed E-state index contributed by atoms with van der Waals surface area (Å²) in [6.07, 6.45) is 15.5. The van der Waals surface area contributed by atoms with Crippen LogP contribution < -0.4 is 0 Å². The highest BCUT2D eigenvalue weighted by Crippen LogP contribution is 2.40. The fourth-order valence-electron chi connectivity index (χ4n) is 6.88. The third kappa shape index (κ3) is 4.57. The molecule has 1 heterocycles. The summed E-state index contributed by atoms with van der Waals surface area (Å²) in [5, 5.41) is 7.79. The maximum atomic E-state index is 5.11. The summed E-state index contributed by atoms with van der Waals surface area (Å²) in [6, 6.07) is 34.8. The topological polar surface area (TPSA) is 38.7 Å². The summed E-state index contributed by atoms with van der Waals surface area (Å²) in [7, 11) is 0. The SMILES string of the molecule is CC1C=CC(c2nc(-c3ccccc3)nc(C3C=CC=CC3C)n2)=CC1c1ccc2c3ccccc3c3ccccc3c2c1. The van der Waals surface area contributed by atoms with E-state index in [0.29, 0.717) is 17.7 Å². The molecular formula is C41H33N3. The van der Waals surface area contributed by atoms with Crippen LogP contribution in [-0.2, 0) is 0 Å². The molecule has 8 rings (SSSR count). The highest BCUT2D eigenvalue weighted by atomic mass is 15.0. The predicted octanol–water partition coefficient (Wildman–Crippen LogP) is 10.2. The van der Waals surface area contributed by atoms with E-state index in [0.717, 1.165) is 22.8 Å². The Balaban J connectivity index is 1.27. The molecule has 6 aromatic rings. The average molecular weight is 568 g/mol. The number of benzene rings is 5. The second kappa shape index (κ2) is 10.8. The molecule has 0 saturated heterocycles. The fraction of sp³-hybridized carbons (Fsp3) is 0.146. The molecular weight excluding hydrogens is 534 g/mol. The first-order valence-corrected chi connectivity index (χ1v) is 15.5. The first-order chi connectivity index (χ1) is 21.6. The van der Waals surface area contributed by atoms with Crippen LogP contribution in [-0.4, -0.2) is 15.0 Å². The van der Waals surface area contributed by atoms with Crippen LogP contribution in [0.4, 0.5) is 0 Å². The monoisotopic (exact) mass is 567 g/mol. The van der Waals surface area contributed by atoms with Gasteiger partial charge in [0.25, 0.3) is 0 Å². The lowest BCUT2D eigenvalue weighted by Crippen LogP contribution is -2.15. The van der Waals surface area contributed by atoms with E-state index in [1.165, 1.54) is 37.9 Å². The van der Waals surface area contributed by atoms with E-state index in [2.05, 4.69) is 135 Å². The molecule has 4 atom stereocenters. The highest BCUT2D eigenvalue weighted by Gasteiger charge is 2.25. The fourth-order valence-corrected chi connectivity index (χ4v) is 6.88. The Morgan fingerprint density at radius 3 is 1.80 bits per heavy atom. The van der Waals surface area contributed by atoms with Gasteiger partial charge >= 0.3 is 0 Å². The Bertz CT molecular complexity index is 2130. The molecule has 5 aromatic carbocycles. The van der Waals surface area contributed by atoms with Crippen molar-refractivity contribution in [3.63, 3.8) is 0 Å². The first kappa shape index (κ1) is 26.5. The van der Waals surface area contributed by atoms with Gasteiger partial charge in [0.2, 0.25) is 0 Å². The second-order valence-electron chi connectivity index (χ2n) is 12.1. The summed E-state index contributed by atoms with van der Waals surface area (Å²) < 4.78 is 0. The maximum Gasteiger partial charge on any atom is 0.163 e. The van der Waals surface area contributed by atoms with Crippen LogP contribution in [0.15, 0.2) is 140 Å². The van der Waals surface area contributed by atoms with Crippen molar-refractivity contribution >= 4 is 37.9 Å². The van der Waals surface area contributed by atoms with Crippen LogP contribution >= 0.6 is 0 Å². The van der Waals surface area contributed by atoms with E-state index in [9.17, 15) is 0 Å². The normalized spacial score (nSPS) is 21.3. The van der Waals surface area contributed by atoms with Gasteiger partial charge in [-0.15, -0.1) is 0 Å². The van der Waals surface area contributed by atoms with Gasteiger partial charge in [0.1, 0.15) is 5.82 Å². The van der Waals surface area contributed by atoms with E-state index >= 15 is 0 Å². The third-order valence-corrected chi connectivity index (χ3v) is 9.31. The van der Waals surface area contributed by atoms with Crippen molar-refractivity contribution in [2.75, 3.05) is 0 Å². The molecule has 2 aliphatic carbocycles. The van der Waals surface area contributed by atoms with Crippen LogP contribution in [0.1, 0.15) is 42.9 Å². The number of aromatic nitrogens is 3. The number of allylic oxidation sites excluding steroid dienone is 8. The van der Waals surface area contributed by atoms with Crippen molar-refractivity contribution in [3.8, 4) is 11.4 Å². The van der Waals surface area contributed by atoms with Crippen molar-refractivity contribution in [1.82, 2.24) is 15.0 Å². The van der Waals surface area contributed by atoms with E-state index in [1.54, 1.807) is 0 Å². The molecule has 0 fully saturated rings. The molecule has 3 heteroatoms. The first-order valence-electron chi connectivity index (χ1n) is 15.5. The van der Waals surface area contributed by atoms with E-state index in [4.69, 9.17) is 15.0 Å². The average Bonchev–Trinajstić information content (AvgIpc) is 3.09. The zero-order valence-electron chi connectivity index (χ0n) is 24.9. The Labute approximate surface area is 258 Å².